The highest BCUT2D eigenvalue weighted by Gasteiger charge is 2.40. The van der Waals surface area contributed by atoms with E-state index < -0.39 is 41.1 Å². The Bertz CT molecular complexity index is 494. The summed E-state index contributed by atoms with van der Waals surface area (Å²) < 4.78 is 74.4. The zero-order chi connectivity index (χ0) is 15.0. The zero-order valence-electron chi connectivity index (χ0n) is 9.01. The van der Waals surface area contributed by atoms with Crippen LogP contribution in [0, 0.1) is 0 Å². The number of halogens is 6. The lowest BCUT2D eigenvalue weighted by Gasteiger charge is -2.18. The van der Waals surface area contributed by atoms with E-state index in [-0.39, 0.29) is 12.1 Å². The fourth-order valence-corrected chi connectivity index (χ4v) is 1.31. The van der Waals surface area contributed by atoms with E-state index in [0.717, 1.165) is 0 Å². The van der Waals surface area contributed by atoms with Crippen LogP contribution in [0.4, 0.5) is 26.3 Å². The number of aromatic carboxylic acids is 1. The molecule has 106 valence electrons. The second kappa shape index (κ2) is 4.72. The minimum absolute atomic E-state index is 0.185. The summed E-state index contributed by atoms with van der Waals surface area (Å²) >= 11 is 0. The SMILES string of the molecule is N[C@H](c1cc(C(=O)O)cc(C(F)(F)F)c1)C(F)(F)F. The molecule has 0 aliphatic rings. The minimum atomic E-state index is -4.97. The molecule has 0 aliphatic heterocycles. The van der Waals surface area contributed by atoms with Gasteiger partial charge in [-0.25, -0.2) is 4.79 Å². The van der Waals surface area contributed by atoms with Crippen LogP contribution in [0.2, 0.25) is 0 Å². The van der Waals surface area contributed by atoms with Gasteiger partial charge in [0.25, 0.3) is 0 Å². The predicted molar refractivity (Wildman–Crippen MR) is 51.4 cm³/mol. The van der Waals surface area contributed by atoms with Crippen molar-refractivity contribution >= 4 is 5.97 Å². The summed E-state index contributed by atoms with van der Waals surface area (Å²) in [5, 5.41) is 8.59. The highest BCUT2D eigenvalue weighted by molar-refractivity contribution is 5.88. The Kier molecular flexibility index (Phi) is 3.80. The van der Waals surface area contributed by atoms with Crippen LogP contribution >= 0.6 is 0 Å². The van der Waals surface area contributed by atoms with Gasteiger partial charge in [0.1, 0.15) is 6.04 Å². The Hall–Kier alpha value is -1.77. The highest BCUT2D eigenvalue weighted by atomic mass is 19.4. The fraction of sp³-hybridized carbons (Fsp3) is 0.300. The largest absolute Gasteiger partial charge is 0.478 e. The smallest absolute Gasteiger partial charge is 0.416 e. The lowest BCUT2D eigenvalue weighted by molar-refractivity contribution is -0.150. The van der Waals surface area contributed by atoms with E-state index >= 15 is 0 Å². The number of alkyl halides is 6. The topological polar surface area (TPSA) is 63.3 Å². The van der Waals surface area contributed by atoms with E-state index in [4.69, 9.17) is 10.8 Å². The molecule has 9 heteroatoms. The third-order valence-corrected chi connectivity index (χ3v) is 2.24. The third-order valence-electron chi connectivity index (χ3n) is 2.24. The van der Waals surface area contributed by atoms with Crippen LogP contribution in [0.1, 0.15) is 27.5 Å². The predicted octanol–water partition coefficient (Wildman–Crippen LogP) is 2.97. The van der Waals surface area contributed by atoms with Crippen LogP contribution < -0.4 is 5.73 Å². The van der Waals surface area contributed by atoms with E-state index in [9.17, 15) is 31.1 Å². The van der Waals surface area contributed by atoms with E-state index in [1.54, 1.807) is 0 Å². The average molecular weight is 287 g/mol. The molecule has 3 nitrogen and oxygen atoms in total. The molecule has 0 saturated heterocycles. The van der Waals surface area contributed by atoms with Gasteiger partial charge in [0.2, 0.25) is 0 Å². The molecular formula is C10H7F6NO2. The lowest BCUT2D eigenvalue weighted by Crippen LogP contribution is -2.29. The van der Waals surface area contributed by atoms with Crippen LogP contribution in [-0.2, 0) is 6.18 Å². The number of carboxylic acids is 1. The Morgan fingerprint density at radius 1 is 1.11 bits per heavy atom. The van der Waals surface area contributed by atoms with E-state index in [2.05, 4.69) is 0 Å². The number of benzene rings is 1. The molecule has 1 atom stereocenters. The van der Waals surface area contributed by atoms with Crippen molar-refractivity contribution in [3.8, 4) is 0 Å². The molecule has 3 N–H and O–H groups in total. The molecule has 1 aromatic rings. The van der Waals surface area contributed by atoms with Crippen molar-refractivity contribution in [2.45, 2.75) is 18.4 Å². The first-order valence-electron chi connectivity index (χ1n) is 4.70. The molecule has 19 heavy (non-hydrogen) atoms. The molecule has 0 heterocycles. The summed E-state index contributed by atoms with van der Waals surface area (Å²) in [6, 6.07) is -1.79. The van der Waals surface area contributed by atoms with Crippen LogP contribution in [0.3, 0.4) is 0 Å². The monoisotopic (exact) mass is 287 g/mol. The van der Waals surface area contributed by atoms with Gasteiger partial charge in [-0.3, -0.25) is 0 Å². The van der Waals surface area contributed by atoms with Gasteiger partial charge in [-0.2, -0.15) is 26.3 Å². The van der Waals surface area contributed by atoms with Gasteiger partial charge < -0.3 is 10.8 Å². The zero-order valence-corrected chi connectivity index (χ0v) is 9.01. The molecule has 0 saturated carbocycles. The molecule has 0 spiro atoms. The summed E-state index contributed by atoms with van der Waals surface area (Å²) in [6.45, 7) is 0. The summed E-state index contributed by atoms with van der Waals surface area (Å²) in [7, 11) is 0. The lowest BCUT2D eigenvalue weighted by atomic mass is 10.00. The molecule has 0 fully saturated rings. The normalized spacial score (nSPS) is 14.3. The molecule has 0 aliphatic carbocycles. The Balaban J connectivity index is 3.41. The Morgan fingerprint density at radius 3 is 2.00 bits per heavy atom. The van der Waals surface area contributed by atoms with E-state index in [1.807, 2.05) is 0 Å². The highest BCUT2D eigenvalue weighted by Crippen LogP contribution is 2.35. The number of carboxylic acid groups (broad SMARTS) is 1. The standard InChI is InChI=1S/C10H7F6NO2/c11-9(12,13)6-2-4(7(17)10(14,15)16)1-5(3-6)8(18)19/h1-3,7H,17H2,(H,18,19)/t7-/m1/s1. The average Bonchev–Trinajstić information content (AvgIpc) is 2.24. The fourth-order valence-electron chi connectivity index (χ4n) is 1.31. The molecule has 0 aromatic heterocycles. The van der Waals surface area contributed by atoms with Crippen LogP contribution in [0.5, 0.6) is 0 Å². The third kappa shape index (κ3) is 3.60. The molecule has 1 rings (SSSR count). The molecule has 1 aromatic carbocycles. The van der Waals surface area contributed by atoms with Crippen molar-refractivity contribution in [3.05, 3.63) is 34.9 Å². The van der Waals surface area contributed by atoms with Gasteiger partial charge in [-0.15, -0.1) is 0 Å². The number of nitrogens with two attached hydrogens (primary N) is 1. The molecular weight excluding hydrogens is 280 g/mol. The van der Waals surface area contributed by atoms with E-state index in [0.29, 0.717) is 6.07 Å². The van der Waals surface area contributed by atoms with Gasteiger partial charge in [0.15, 0.2) is 0 Å². The number of hydrogen-bond acceptors (Lipinski definition) is 2. The molecule has 0 bridgehead atoms. The first-order valence-corrected chi connectivity index (χ1v) is 4.70. The first-order chi connectivity index (χ1) is 8.43. The molecule has 0 unspecified atom stereocenters. The maximum Gasteiger partial charge on any atom is 0.416 e. The van der Waals surface area contributed by atoms with Gasteiger partial charge >= 0.3 is 18.3 Å². The van der Waals surface area contributed by atoms with Crippen molar-refractivity contribution in [1.82, 2.24) is 0 Å². The maximum absolute atomic E-state index is 12.5. The van der Waals surface area contributed by atoms with Gasteiger partial charge in [0, 0.05) is 0 Å². The second-order valence-corrected chi connectivity index (χ2v) is 3.67. The minimum Gasteiger partial charge on any atom is -0.478 e. The molecule has 0 radical (unpaired) electrons. The van der Waals surface area contributed by atoms with Crippen LogP contribution in [0.15, 0.2) is 18.2 Å². The second-order valence-electron chi connectivity index (χ2n) is 3.67. The summed E-state index contributed by atoms with van der Waals surface area (Å²) in [5.41, 5.74) is 1.40. The van der Waals surface area contributed by atoms with E-state index in [1.165, 1.54) is 0 Å². The summed E-state index contributed by atoms with van der Waals surface area (Å²) in [6.07, 6.45) is -9.94. The van der Waals surface area contributed by atoms with Crippen molar-refractivity contribution in [2.75, 3.05) is 0 Å². The number of hydrogen-bond donors (Lipinski definition) is 2. The Morgan fingerprint density at radius 2 is 1.63 bits per heavy atom. The summed E-state index contributed by atoms with van der Waals surface area (Å²) in [4.78, 5) is 10.6. The summed E-state index contributed by atoms with van der Waals surface area (Å²) in [5.74, 6) is -1.78. The van der Waals surface area contributed by atoms with Crippen LogP contribution in [-0.4, -0.2) is 17.3 Å². The quantitative estimate of drug-likeness (QED) is 0.822. The van der Waals surface area contributed by atoms with Crippen LogP contribution in [0.25, 0.3) is 0 Å². The Labute approximate surface area is 102 Å². The molecule has 0 amide bonds. The van der Waals surface area contributed by atoms with Crippen molar-refractivity contribution in [1.29, 1.82) is 0 Å². The van der Waals surface area contributed by atoms with Crippen molar-refractivity contribution < 1.29 is 36.2 Å². The van der Waals surface area contributed by atoms with Gasteiger partial charge in [-0.1, -0.05) is 0 Å². The first kappa shape index (κ1) is 15.3. The van der Waals surface area contributed by atoms with Gasteiger partial charge in [-0.05, 0) is 23.8 Å². The number of carbonyl (C=O) groups is 1. The maximum atomic E-state index is 12.5. The van der Waals surface area contributed by atoms with Crippen molar-refractivity contribution in [3.63, 3.8) is 0 Å². The van der Waals surface area contributed by atoms with Crippen molar-refractivity contribution in [2.24, 2.45) is 5.73 Å². The van der Waals surface area contributed by atoms with Gasteiger partial charge in [0.05, 0.1) is 11.1 Å². The number of rotatable bonds is 2.